The van der Waals surface area contributed by atoms with Crippen LogP contribution in [0.15, 0.2) is 24.7 Å². The molecular weight excluding hydrogens is 218 g/mol. The van der Waals surface area contributed by atoms with Gasteiger partial charge in [-0.2, -0.15) is 10.2 Å². The zero-order chi connectivity index (χ0) is 12.3. The summed E-state index contributed by atoms with van der Waals surface area (Å²) in [6, 6.07) is 1.71. The molecule has 0 saturated heterocycles. The second-order valence-corrected chi connectivity index (χ2v) is 3.74. The molecule has 6 heteroatoms. The van der Waals surface area contributed by atoms with E-state index in [2.05, 4.69) is 15.5 Å². The maximum absolute atomic E-state index is 11.9. The molecule has 0 aromatic carbocycles. The lowest BCUT2D eigenvalue weighted by atomic mass is 10.3. The first kappa shape index (κ1) is 11.4. The van der Waals surface area contributed by atoms with Gasteiger partial charge in [0.2, 0.25) is 0 Å². The van der Waals surface area contributed by atoms with Gasteiger partial charge < -0.3 is 5.32 Å². The Hall–Kier alpha value is -2.11. The number of rotatable bonds is 4. The first-order valence-corrected chi connectivity index (χ1v) is 5.48. The molecule has 0 aliphatic carbocycles. The highest BCUT2D eigenvalue weighted by molar-refractivity contribution is 5.92. The minimum Gasteiger partial charge on any atom is -0.347 e. The third-order valence-corrected chi connectivity index (χ3v) is 2.46. The van der Waals surface area contributed by atoms with Crippen LogP contribution in [-0.2, 0) is 20.1 Å². The quantitative estimate of drug-likeness (QED) is 0.839. The first-order chi connectivity index (χ1) is 8.20. The summed E-state index contributed by atoms with van der Waals surface area (Å²) in [5, 5.41) is 10.9. The Labute approximate surface area is 99.2 Å². The molecule has 2 rings (SSSR count). The number of carbonyl (C=O) groups is 1. The largest absolute Gasteiger partial charge is 0.347 e. The van der Waals surface area contributed by atoms with Gasteiger partial charge in [-0.1, -0.05) is 0 Å². The summed E-state index contributed by atoms with van der Waals surface area (Å²) >= 11 is 0. The van der Waals surface area contributed by atoms with Crippen molar-refractivity contribution in [2.75, 3.05) is 0 Å². The van der Waals surface area contributed by atoms with Gasteiger partial charge in [0.15, 0.2) is 0 Å². The van der Waals surface area contributed by atoms with Crippen molar-refractivity contribution in [3.63, 3.8) is 0 Å². The average Bonchev–Trinajstić information content (AvgIpc) is 2.94. The highest BCUT2D eigenvalue weighted by Crippen LogP contribution is 2.00. The van der Waals surface area contributed by atoms with Crippen LogP contribution >= 0.6 is 0 Å². The van der Waals surface area contributed by atoms with Crippen LogP contribution in [0.5, 0.6) is 0 Å². The Balaban J connectivity index is 1.98. The maximum Gasteiger partial charge on any atom is 0.269 e. The lowest BCUT2D eigenvalue weighted by molar-refractivity contribution is 0.0940. The topological polar surface area (TPSA) is 64.7 Å². The van der Waals surface area contributed by atoms with E-state index in [0.717, 1.165) is 5.56 Å². The van der Waals surface area contributed by atoms with Gasteiger partial charge in [0.1, 0.15) is 5.69 Å². The van der Waals surface area contributed by atoms with Crippen LogP contribution in [-0.4, -0.2) is 25.5 Å². The Morgan fingerprint density at radius 1 is 1.47 bits per heavy atom. The number of carbonyl (C=O) groups excluding carboxylic acids is 1. The molecule has 90 valence electrons. The molecule has 0 unspecified atom stereocenters. The predicted octanol–water partition coefficient (Wildman–Crippen LogP) is 0.566. The highest BCUT2D eigenvalue weighted by Gasteiger charge is 2.10. The molecule has 2 heterocycles. The van der Waals surface area contributed by atoms with E-state index in [9.17, 15) is 4.79 Å². The molecule has 0 bridgehead atoms. The summed E-state index contributed by atoms with van der Waals surface area (Å²) < 4.78 is 3.37. The van der Waals surface area contributed by atoms with Crippen molar-refractivity contribution < 1.29 is 4.79 Å². The monoisotopic (exact) mass is 233 g/mol. The van der Waals surface area contributed by atoms with Crippen molar-refractivity contribution >= 4 is 5.91 Å². The fraction of sp³-hybridized carbons (Fsp3) is 0.364. The minimum atomic E-state index is -0.117. The molecule has 0 atom stereocenters. The number of amides is 1. The van der Waals surface area contributed by atoms with Gasteiger partial charge in [-0.25, -0.2) is 0 Å². The van der Waals surface area contributed by atoms with E-state index in [1.54, 1.807) is 27.8 Å². The van der Waals surface area contributed by atoms with E-state index < -0.39 is 0 Å². The molecule has 1 N–H and O–H groups in total. The molecule has 0 aliphatic rings. The number of hydrogen-bond donors (Lipinski definition) is 1. The van der Waals surface area contributed by atoms with Crippen molar-refractivity contribution in [3.8, 4) is 0 Å². The van der Waals surface area contributed by atoms with E-state index in [4.69, 9.17) is 0 Å². The minimum absolute atomic E-state index is 0.117. The molecule has 1 amide bonds. The van der Waals surface area contributed by atoms with Crippen LogP contribution in [0.3, 0.4) is 0 Å². The van der Waals surface area contributed by atoms with E-state index in [1.807, 2.05) is 20.2 Å². The number of aryl methyl sites for hydroxylation is 2. The van der Waals surface area contributed by atoms with Crippen LogP contribution in [0.1, 0.15) is 23.0 Å². The summed E-state index contributed by atoms with van der Waals surface area (Å²) in [5.74, 6) is -0.117. The third-order valence-electron chi connectivity index (χ3n) is 2.46. The Morgan fingerprint density at radius 3 is 2.94 bits per heavy atom. The Kier molecular flexibility index (Phi) is 3.22. The molecule has 0 aliphatic heterocycles. The smallest absolute Gasteiger partial charge is 0.269 e. The number of aromatic nitrogens is 4. The third kappa shape index (κ3) is 2.52. The second kappa shape index (κ2) is 4.82. The Bertz CT molecular complexity index is 513. The van der Waals surface area contributed by atoms with E-state index in [1.165, 1.54) is 0 Å². The molecule has 0 spiro atoms. The Morgan fingerprint density at radius 2 is 2.29 bits per heavy atom. The van der Waals surface area contributed by atoms with Gasteiger partial charge in [-0.05, 0) is 13.0 Å². The molecule has 0 saturated carbocycles. The SMILES string of the molecule is CCn1nccc1C(=O)NCc1cnn(C)c1. The summed E-state index contributed by atoms with van der Waals surface area (Å²) in [7, 11) is 1.84. The second-order valence-electron chi connectivity index (χ2n) is 3.74. The van der Waals surface area contributed by atoms with Crippen LogP contribution in [0.25, 0.3) is 0 Å². The molecule has 0 radical (unpaired) electrons. The fourth-order valence-corrected chi connectivity index (χ4v) is 1.61. The molecule has 0 fully saturated rings. The first-order valence-electron chi connectivity index (χ1n) is 5.48. The fourth-order valence-electron chi connectivity index (χ4n) is 1.61. The van der Waals surface area contributed by atoms with Gasteiger partial charge in [-0.15, -0.1) is 0 Å². The van der Waals surface area contributed by atoms with Crippen LogP contribution in [0, 0.1) is 0 Å². The van der Waals surface area contributed by atoms with Crippen molar-refractivity contribution in [2.45, 2.75) is 20.0 Å². The summed E-state index contributed by atoms with van der Waals surface area (Å²) in [6.07, 6.45) is 5.23. The van der Waals surface area contributed by atoms with Crippen LogP contribution < -0.4 is 5.32 Å². The van der Waals surface area contributed by atoms with E-state index >= 15 is 0 Å². The zero-order valence-electron chi connectivity index (χ0n) is 9.92. The van der Waals surface area contributed by atoms with Crippen molar-refractivity contribution in [2.24, 2.45) is 7.05 Å². The van der Waals surface area contributed by atoms with Crippen molar-refractivity contribution in [1.29, 1.82) is 0 Å². The number of nitrogens with zero attached hydrogens (tertiary/aromatic N) is 4. The van der Waals surface area contributed by atoms with Gasteiger partial charge in [0.05, 0.1) is 6.20 Å². The van der Waals surface area contributed by atoms with E-state index in [0.29, 0.717) is 18.8 Å². The zero-order valence-corrected chi connectivity index (χ0v) is 9.92. The van der Waals surface area contributed by atoms with Crippen LogP contribution in [0.4, 0.5) is 0 Å². The van der Waals surface area contributed by atoms with Gasteiger partial charge in [-0.3, -0.25) is 14.2 Å². The average molecular weight is 233 g/mol. The molecule has 17 heavy (non-hydrogen) atoms. The highest BCUT2D eigenvalue weighted by atomic mass is 16.2. The maximum atomic E-state index is 11.9. The molecule has 2 aromatic heterocycles. The normalized spacial score (nSPS) is 10.5. The molecule has 2 aromatic rings. The number of hydrogen-bond acceptors (Lipinski definition) is 3. The molecule has 6 nitrogen and oxygen atoms in total. The van der Waals surface area contributed by atoms with Crippen molar-refractivity contribution in [3.05, 3.63) is 35.9 Å². The van der Waals surface area contributed by atoms with Crippen LogP contribution in [0.2, 0.25) is 0 Å². The van der Waals surface area contributed by atoms with Crippen molar-refractivity contribution in [1.82, 2.24) is 24.9 Å². The van der Waals surface area contributed by atoms with E-state index in [-0.39, 0.29) is 5.91 Å². The lowest BCUT2D eigenvalue weighted by Crippen LogP contribution is -2.25. The van der Waals surface area contributed by atoms with Gasteiger partial charge in [0.25, 0.3) is 5.91 Å². The van der Waals surface area contributed by atoms with Gasteiger partial charge in [0, 0.05) is 38.1 Å². The number of nitrogens with one attached hydrogen (secondary N) is 1. The standard InChI is InChI=1S/C11H15N5O/c1-3-16-10(4-5-13-16)11(17)12-6-9-7-14-15(2)8-9/h4-5,7-8H,3,6H2,1-2H3,(H,12,17). The predicted molar refractivity (Wildman–Crippen MR) is 62.3 cm³/mol. The molecular formula is C11H15N5O. The summed E-state index contributed by atoms with van der Waals surface area (Å²) in [4.78, 5) is 11.9. The lowest BCUT2D eigenvalue weighted by Gasteiger charge is -2.05. The van der Waals surface area contributed by atoms with Gasteiger partial charge >= 0.3 is 0 Å². The summed E-state index contributed by atoms with van der Waals surface area (Å²) in [5.41, 5.74) is 1.56. The summed E-state index contributed by atoms with van der Waals surface area (Å²) in [6.45, 7) is 3.11.